The normalized spacial score (nSPS) is 18.1. The van der Waals surface area contributed by atoms with E-state index in [1.54, 1.807) is 0 Å². The Labute approximate surface area is 101 Å². The minimum atomic E-state index is -3.83. The molecule has 0 saturated carbocycles. The van der Waals surface area contributed by atoms with Gasteiger partial charge in [-0.05, 0) is 18.8 Å². The second-order valence-electron chi connectivity index (χ2n) is 4.49. The number of carbonyl (C=O) groups excluding carboxylic acids is 1. The van der Waals surface area contributed by atoms with Gasteiger partial charge < -0.3 is 10.0 Å². The number of carboxylic acid groups (broad SMARTS) is 1. The third-order valence-electron chi connectivity index (χ3n) is 2.82. The molecule has 0 bridgehead atoms. The van der Waals surface area contributed by atoms with E-state index in [0.29, 0.717) is 19.0 Å². The van der Waals surface area contributed by atoms with Crippen molar-refractivity contribution in [2.45, 2.75) is 19.8 Å². The molecule has 1 rings (SSSR count). The van der Waals surface area contributed by atoms with E-state index in [9.17, 15) is 18.0 Å². The van der Waals surface area contributed by atoms with Gasteiger partial charge >= 0.3 is 5.97 Å². The van der Waals surface area contributed by atoms with E-state index in [1.165, 1.54) is 4.90 Å². The molecule has 1 aliphatic rings. The van der Waals surface area contributed by atoms with Gasteiger partial charge in [0.1, 0.15) is 11.5 Å². The first-order chi connectivity index (χ1) is 7.80. The number of amides is 1. The number of carboxylic acids is 1. The SMILES string of the molecule is CC1CCN(C(=O)CS(=O)(=O)CC(=O)O)CC1. The topological polar surface area (TPSA) is 91.8 Å². The van der Waals surface area contributed by atoms with Crippen molar-refractivity contribution < 1.29 is 23.1 Å². The molecule has 1 amide bonds. The maximum atomic E-state index is 11.7. The minimum absolute atomic E-state index is 0.488. The Morgan fingerprint density at radius 2 is 1.76 bits per heavy atom. The standard InChI is InChI=1S/C10H17NO5S/c1-8-2-4-11(5-3-8)9(12)6-17(15,16)7-10(13)14/h8H,2-7H2,1H3,(H,13,14). The molecule has 0 unspecified atom stereocenters. The summed E-state index contributed by atoms with van der Waals surface area (Å²) in [6.45, 7) is 3.20. The molecule has 17 heavy (non-hydrogen) atoms. The van der Waals surface area contributed by atoms with Crippen molar-refractivity contribution in [1.29, 1.82) is 0 Å². The van der Waals surface area contributed by atoms with Gasteiger partial charge in [-0.15, -0.1) is 0 Å². The van der Waals surface area contributed by atoms with E-state index in [1.807, 2.05) is 0 Å². The van der Waals surface area contributed by atoms with E-state index in [0.717, 1.165) is 12.8 Å². The predicted molar refractivity (Wildman–Crippen MR) is 61.3 cm³/mol. The van der Waals surface area contributed by atoms with E-state index in [4.69, 9.17) is 5.11 Å². The van der Waals surface area contributed by atoms with E-state index < -0.39 is 33.2 Å². The summed E-state index contributed by atoms with van der Waals surface area (Å²) >= 11 is 0. The van der Waals surface area contributed by atoms with Crippen molar-refractivity contribution in [3.05, 3.63) is 0 Å². The fourth-order valence-corrected chi connectivity index (χ4v) is 2.81. The lowest BCUT2D eigenvalue weighted by molar-refractivity contribution is -0.134. The van der Waals surface area contributed by atoms with Gasteiger partial charge in [0.25, 0.3) is 0 Å². The summed E-state index contributed by atoms with van der Waals surface area (Å²) in [5.74, 6) is -3.05. The zero-order chi connectivity index (χ0) is 13.1. The number of carbonyl (C=O) groups is 2. The number of piperidine rings is 1. The number of likely N-dealkylation sites (tertiary alicyclic amines) is 1. The van der Waals surface area contributed by atoms with Gasteiger partial charge in [0, 0.05) is 13.1 Å². The highest BCUT2D eigenvalue weighted by Gasteiger charge is 2.26. The molecule has 1 fully saturated rings. The number of rotatable bonds is 4. The summed E-state index contributed by atoms with van der Waals surface area (Å²) in [5, 5.41) is 8.40. The van der Waals surface area contributed by atoms with Gasteiger partial charge in [0.15, 0.2) is 9.84 Å². The Morgan fingerprint density at radius 1 is 1.24 bits per heavy atom. The average Bonchev–Trinajstić information content (AvgIpc) is 2.15. The van der Waals surface area contributed by atoms with Crippen LogP contribution in [0.2, 0.25) is 0 Å². The van der Waals surface area contributed by atoms with Crippen LogP contribution in [0.3, 0.4) is 0 Å². The van der Waals surface area contributed by atoms with Crippen LogP contribution in [-0.2, 0) is 19.4 Å². The lowest BCUT2D eigenvalue weighted by Gasteiger charge is -2.30. The number of sulfone groups is 1. The molecule has 0 aromatic carbocycles. The Hall–Kier alpha value is -1.11. The quantitative estimate of drug-likeness (QED) is 0.754. The predicted octanol–water partition coefficient (Wildman–Crippen LogP) is -0.256. The average molecular weight is 263 g/mol. The molecule has 7 heteroatoms. The second-order valence-corrected chi connectivity index (χ2v) is 6.55. The Bertz CT molecular complexity index is 395. The zero-order valence-corrected chi connectivity index (χ0v) is 10.6. The van der Waals surface area contributed by atoms with Crippen LogP contribution in [0.4, 0.5) is 0 Å². The maximum Gasteiger partial charge on any atom is 0.318 e. The summed E-state index contributed by atoms with van der Waals surface area (Å²) in [6.07, 6.45) is 1.73. The van der Waals surface area contributed by atoms with Crippen molar-refractivity contribution in [3.63, 3.8) is 0 Å². The highest BCUT2D eigenvalue weighted by Crippen LogP contribution is 2.16. The summed E-state index contributed by atoms with van der Waals surface area (Å²) in [7, 11) is -3.83. The largest absolute Gasteiger partial charge is 0.480 e. The Morgan fingerprint density at radius 3 is 2.24 bits per heavy atom. The molecular weight excluding hydrogens is 246 g/mol. The molecule has 98 valence electrons. The molecule has 0 atom stereocenters. The highest BCUT2D eigenvalue weighted by molar-refractivity contribution is 7.92. The van der Waals surface area contributed by atoms with Gasteiger partial charge in [-0.3, -0.25) is 9.59 Å². The Balaban J connectivity index is 2.52. The van der Waals surface area contributed by atoms with Gasteiger partial charge in [-0.25, -0.2) is 8.42 Å². The molecule has 6 nitrogen and oxygen atoms in total. The van der Waals surface area contributed by atoms with Gasteiger partial charge in [0.2, 0.25) is 5.91 Å². The van der Waals surface area contributed by atoms with Crippen molar-refractivity contribution in [2.24, 2.45) is 5.92 Å². The molecule has 0 spiro atoms. The second kappa shape index (κ2) is 5.48. The third kappa shape index (κ3) is 4.72. The first-order valence-corrected chi connectivity index (χ1v) is 7.32. The lowest BCUT2D eigenvalue weighted by atomic mass is 9.99. The first-order valence-electron chi connectivity index (χ1n) is 5.50. The van der Waals surface area contributed by atoms with Crippen LogP contribution < -0.4 is 0 Å². The number of nitrogens with zero attached hydrogens (tertiary/aromatic N) is 1. The van der Waals surface area contributed by atoms with Gasteiger partial charge in [0.05, 0.1) is 0 Å². The fourth-order valence-electron chi connectivity index (χ4n) is 1.78. The molecule has 1 N–H and O–H groups in total. The van der Waals surface area contributed by atoms with Crippen LogP contribution >= 0.6 is 0 Å². The molecule has 0 radical (unpaired) electrons. The molecule has 0 aliphatic carbocycles. The molecule has 0 aromatic heterocycles. The maximum absolute atomic E-state index is 11.7. The monoisotopic (exact) mass is 263 g/mol. The van der Waals surface area contributed by atoms with E-state index in [-0.39, 0.29) is 0 Å². The summed E-state index contributed by atoms with van der Waals surface area (Å²) in [6, 6.07) is 0. The first kappa shape index (κ1) is 14.0. The molecule has 0 aromatic rings. The zero-order valence-electron chi connectivity index (χ0n) is 9.76. The van der Waals surface area contributed by atoms with Crippen molar-refractivity contribution in [3.8, 4) is 0 Å². The molecule has 1 saturated heterocycles. The summed E-state index contributed by atoms with van der Waals surface area (Å²) in [5.41, 5.74) is 0. The Kier molecular flexibility index (Phi) is 4.50. The van der Waals surface area contributed by atoms with E-state index >= 15 is 0 Å². The van der Waals surface area contributed by atoms with Gasteiger partial charge in [-0.2, -0.15) is 0 Å². The van der Waals surface area contributed by atoms with Crippen molar-refractivity contribution in [1.82, 2.24) is 4.90 Å². The van der Waals surface area contributed by atoms with Crippen LogP contribution in [0.25, 0.3) is 0 Å². The lowest BCUT2D eigenvalue weighted by Crippen LogP contribution is -2.41. The van der Waals surface area contributed by atoms with E-state index in [2.05, 4.69) is 6.92 Å². The van der Waals surface area contributed by atoms with Gasteiger partial charge in [-0.1, -0.05) is 6.92 Å². The summed E-state index contributed by atoms with van der Waals surface area (Å²) in [4.78, 5) is 23.5. The third-order valence-corrected chi connectivity index (χ3v) is 4.20. The summed E-state index contributed by atoms with van der Waals surface area (Å²) < 4.78 is 22.7. The van der Waals surface area contributed by atoms with Crippen molar-refractivity contribution >= 4 is 21.7 Å². The number of hydrogen-bond acceptors (Lipinski definition) is 4. The molecular formula is C10H17NO5S. The fraction of sp³-hybridized carbons (Fsp3) is 0.800. The minimum Gasteiger partial charge on any atom is -0.480 e. The highest BCUT2D eigenvalue weighted by atomic mass is 32.2. The number of hydrogen-bond donors (Lipinski definition) is 1. The van der Waals surface area contributed by atoms with Crippen LogP contribution in [-0.4, -0.2) is 54.9 Å². The van der Waals surface area contributed by atoms with Crippen LogP contribution in [0.15, 0.2) is 0 Å². The van der Waals surface area contributed by atoms with Crippen LogP contribution in [0.1, 0.15) is 19.8 Å². The van der Waals surface area contributed by atoms with Crippen LogP contribution in [0, 0.1) is 5.92 Å². The van der Waals surface area contributed by atoms with Crippen LogP contribution in [0.5, 0.6) is 0 Å². The smallest absolute Gasteiger partial charge is 0.318 e. The number of aliphatic carboxylic acids is 1. The van der Waals surface area contributed by atoms with Crippen molar-refractivity contribution in [2.75, 3.05) is 24.6 Å². The molecule has 1 heterocycles. The molecule has 1 aliphatic heterocycles.